The van der Waals surface area contributed by atoms with Gasteiger partial charge in [-0.3, -0.25) is 4.68 Å². The maximum Gasteiger partial charge on any atom is 0.0678 e. The van der Waals surface area contributed by atoms with Crippen molar-refractivity contribution in [3.63, 3.8) is 0 Å². The molecule has 0 aromatic carbocycles. The fourth-order valence-electron chi connectivity index (χ4n) is 1.39. The van der Waals surface area contributed by atoms with E-state index in [1.165, 1.54) is 5.57 Å². The summed E-state index contributed by atoms with van der Waals surface area (Å²) >= 11 is 0. The molecule has 0 fully saturated rings. The van der Waals surface area contributed by atoms with Gasteiger partial charge in [-0.05, 0) is 32.4 Å². The van der Waals surface area contributed by atoms with E-state index >= 15 is 0 Å². The summed E-state index contributed by atoms with van der Waals surface area (Å²) in [6.45, 7) is 6.07. The lowest BCUT2D eigenvalue weighted by molar-refractivity contribution is 0.747. The average molecular weight is 176 g/mol. The van der Waals surface area contributed by atoms with Crippen LogP contribution in [-0.4, -0.2) is 9.78 Å². The SMILES string of the molecule is C/C=C\C(=C/C)c1cc(C)nn1C. The fraction of sp³-hybridized carbons (Fsp3) is 0.364. The number of aryl methyl sites for hydroxylation is 2. The molecule has 1 heterocycles. The first kappa shape index (κ1) is 9.78. The molecule has 0 saturated carbocycles. The Bertz CT molecular complexity index is 343. The number of hydrogen-bond donors (Lipinski definition) is 0. The second-order valence-electron chi connectivity index (χ2n) is 3.04. The van der Waals surface area contributed by atoms with Crippen LogP contribution in [0.2, 0.25) is 0 Å². The highest BCUT2D eigenvalue weighted by Gasteiger charge is 2.03. The van der Waals surface area contributed by atoms with Gasteiger partial charge in [-0.2, -0.15) is 5.10 Å². The Morgan fingerprint density at radius 3 is 2.54 bits per heavy atom. The molecular formula is C11H16N2. The minimum absolute atomic E-state index is 1.06. The predicted molar refractivity (Wildman–Crippen MR) is 56.4 cm³/mol. The van der Waals surface area contributed by atoms with Crippen molar-refractivity contribution in [1.82, 2.24) is 9.78 Å². The minimum atomic E-state index is 1.06. The van der Waals surface area contributed by atoms with Crippen LogP contribution in [0.5, 0.6) is 0 Å². The largest absolute Gasteiger partial charge is 0.268 e. The molecule has 70 valence electrons. The van der Waals surface area contributed by atoms with Gasteiger partial charge in [0.2, 0.25) is 0 Å². The molecule has 0 aliphatic carbocycles. The lowest BCUT2D eigenvalue weighted by Gasteiger charge is -2.00. The van der Waals surface area contributed by atoms with E-state index in [0.717, 1.165) is 11.4 Å². The van der Waals surface area contributed by atoms with Crippen molar-refractivity contribution >= 4 is 5.57 Å². The van der Waals surface area contributed by atoms with Crippen LogP contribution in [0.4, 0.5) is 0 Å². The molecule has 2 nitrogen and oxygen atoms in total. The van der Waals surface area contributed by atoms with E-state index < -0.39 is 0 Å². The van der Waals surface area contributed by atoms with Crippen LogP contribution < -0.4 is 0 Å². The van der Waals surface area contributed by atoms with Gasteiger partial charge >= 0.3 is 0 Å². The quantitative estimate of drug-likeness (QED) is 0.633. The van der Waals surface area contributed by atoms with Crippen LogP contribution in [0.15, 0.2) is 24.3 Å². The summed E-state index contributed by atoms with van der Waals surface area (Å²) in [4.78, 5) is 0. The summed E-state index contributed by atoms with van der Waals surface area (Å²) in [7, 11) is 1.97. The Balaban J connectivity index is 3.12. The second-order valence-corrected chi connectivity index (χ2v) is 3.04. The van der Waals surface area contributed by atoms with E-state index in [1.54, 1.807) is 0 Å². The van der Waals surface area contributed by atoms with E-state index in [9.17, 15) is 0 Å². The third-order valence-electron chi connectivity index (χ3n) is 1.95. The van der Waals surface area contributed by atoms with Crippen LogP contribution in [0.3, 0.4) is 0 Å². The van der Waals surface area contributed by atoms with Crippen molar-refractivity contribution in [3.8, 4) is 0 Å². The molecule has 0 amide bonds. The molecule has 0 atom stereocenters. The van der Waals surface area contributed by atoms with Crippen LogP contribution in [0.25, 0.3) is 5.57 Å². The zero-order valence-electron chi connectivity index (χ0n) is 8.70. The summed E-state index contributed by atoms with van der Waals surface area (Å²) in [6.07, 6.45) is 6.23. The third-order valence-corrected chi connectivity index (χ3v) is 1.95. The molecular weight excluding hydrogens is 160 g/mol. The molecule has 0 bridgehead atoms. The van der Waals surface area contributed by atoms with E-state index in [2.05, 4.69) is 23.3 Å². The molecule has 0 unspecified atom stereocenters. The molecule has 1 rings (SSSR count). The van der Waals surface area contributed by atoms with Crippen LogP contribution in [0.1, 0.15) is 25.2 Å². The van der Waals surface area contributed by atoms with Gasteiger partial charge in [0.15, 0.2) is 0 Å². The number of nitrogens with zero attached hydrogens (tertiary/aromatic N) is 2. The van der Waals surface area contributed by atoms with Gasteiger partial charge in [0, 0.05) is 7.05 Å². The van der Waals surface area contributed by atoms with Crippen molar-refractivity contribution in [2.24, 2.45) is 7.05 Å². The third kappa shape index (κ3) is 2.08. The van der Waals surface area contributed by atoms with Gasteiger partial charge in [0.05, 0.1) is 11.4 Å². The van der Waals surface area contributed by atoms with Gasteiger partial charge in [-0.1, -0.05) is 18.2 Å². The molecule has 0 aliphatic heterocycles. The minimum Gasteiger partial charge on any atom is -0.268 e. The van der Waals surface area contributed by atoms with Crippen LogP contribution in [-0.2, 0) is 7.05 Å². The smallest absolute Gasteiger partial charge is 0.0678 e. The molecule has 13 heavy (non-hydrogen) atoms. The lowest BCUT2D eigenvalue weighted by Crippen LogP contribution is -1.96. The summed E-state index contributed by atoms with van der Waals surface area (Å²) in [5.41, 5.74) is 3.44. The first-order valence-electron chi connectivity index (χ1n) is 4.49. The fourth-order valence-corrected chi connectivity index (χ4v) is 1.39. The Morgan fingerprint density at radius 2 is 2.15 bits per heavy atom. The number of allylic oxidation sites excluding steroid dienone is 4. The van der Waals surface area contributed by atoms with Crippen molar-refractivity contribution in [2.45, 2.75) is 20.8 Å². The summed E-state index contributed by atoms with van der Waals surface area (Å²) in [6, 6.07) is 2.09. The molecule has 0 radical (unpaired) electrons. The highest BCUT2D eigenvalue weighted by atomic mass is 15.3. The zero-order valence-corrected chi connectivity index (χ0v) is 8.70. The maximum atomic E-state index is 4.30. The second kappa shape index (κ2) is 4.08. The number of rotatable bonds is 2. The molecule has 2 heteroatoms. The predicted octanol–water partition coefficient (Wildman–Crippen LogP) is 2.71. The summed E-state index contributed by atoms with van der Waals surface area (Å²) in [5, 5.41) is 4.30. The Hall–Kier alpha value is -1.31. The highest BCUT2D eigenvalue weighted by Crippen LogP contribution is 2.15. The first-order valence-corrected chi connectivity index (χ1v) is 4.49. The zero-order chi connectivity index (χ0) is 9.84. The Morgan fingerprint density at radius 1 is 1.46 bits per heavy atom. The van der Waals surface area contributed by atoms with Crippen molar-refractivity contribution in [3.05, 3.63) is 35.7 Å². The topological polar surface area (TPSA) is 17.8 Å². The van der Waals surface area contributed by atoms with Gasteiger partial charge in [-0.15, -0.1) is 0 Å². The molecule has 1 aromatic heterocycles. The molecule has 0 spiro atoms. The van der Waals surface area contributed by atoms with Gasteiger partial charge in [0.1, 0.15) is 0 Å². The van der Waals surface area contributed by atoms with Crippen LogP contribution >= 0.6 is 0 Å². The lowest BCUT2D eigenvalue weighted by atomic mass is 10.1. The molecule has 0 aliphatic rings. The monoisotopic (exact) mass is 176 g/mol. The van der Waals surface area contributed by atoms with Gasteiger partial charge in [0.25, 0.3) is 0 Å². The molecule has 0 N–H and O–H groups in total. The standard InChI is InChI=1S/C11H16N2/c1-5-7-10(6-2)11-8-9(3)12-13(11)4/h5-8H,1-4H3/b7-5-,10-6+. The van der Waals surface area contributed by atoms with Crippen molar-refractivity contribution < 1.29 is 0 Å². The normalized spacial score (nSPS) is 12.8. The Kier molecular flexibility index (Phi) is 3.07. The van der Waals surface area contributed by atoms with E-state index in [1.807, 2.05) is 38.6 Å². The van der Waals surface area contributed by atoms with E-state index in [4.69, 9.17) is 0 Å². The Labute approximate surface area is 79.6 Å². The maximum absolute atomic E-state index is 4.30. The highest BCUT2D eigenvalue weighted by molar-refractivity contribution is 5.71. The van der Waals surface area contributed by atoms with Gasteiger partial charge in [-0.25, -0.2) is 0 Å². The van der Waals surface area contributed by atoms with E-state index in [-0.39, 0.29) is 0 Å². The van der Waals surface area contributed by atoms with E-state index in [0.29, 0.717) is 0 Å². The van der Waals surface area contributed by atoms with Crippen LogP contribution in [0, 0.1) is 6.92 Å². The average Bonchev–Trinajstić information content (AvgIpc) is 2.41. The number of hydrogen-bond acceptors (Lipinski definition) is 1. The molecule has 0 saturated heterocycles. The summed E-state index contributed by atoms with van der Waals surface area (Å²) < 4.78 is 1.91. The van der Waals surface area contributed by atoms with Crippen molar-refractivity contribution in [1.29, 1.82) is 0 Å². The number of aromatic nitrogens is 2. The van der Waals surface area contributed by atoms with Crippen molar-refractivity contribution in [2.75, 3.05) is 0 Å². The van der Waals surface area contributed by atoms with Gasteiger partial charge < -0.3 is 0 Å². The first-order chi connectivity index (χ1) is 6.19. The molecule has 1 aromatic rings. The summed E-state index contributed by atoms with van der Waals surface area (Å²) in [5.74, 6) is 0.